The van der Waals surface area contributed by atoms with Gasteiger partial charge < -0.3 is 25.0 Å². The Hall–Kier alpha value is -3.73. The van der Waals surface area contributed by atoms with Crippen molar-refractivity contribution in [3.63, 3.8) is 0 Å². The summed E-state index contributed by atoms with van der Waals surface area (Å²) in [5.74, 6) is -1.18. The topological polar surface area (TPSA) is 142 Å². The molecule has 32 heavy (non-hydrogen) atoms. The predicted molar refractivity (Wildman–Crippen MR) is 119 cm³/mol. The first-order chi connectivity index (χ1) is 15.3. The molecule has 1 atom stereocenters. The SMILES string of the molecule is Cc1nc2ccc(CN(C)c3ccc(C(=O)N[C@@H](CCOC=O)C(=O)O)s3)cc2c(=O)[nH]1. The summed E-state index contributed by atoms with van der Waals surface area (Å²) in [6, 6.07) is 7.70. The zero-order chi connectivity index (χ0) is 23.3. The van der Waals surface area contributed by atoms with Crippen molar-refractivity contribution in [3.8, 4) is 0 Å². The van der Waals surface area contributed by atoms with E-state index in [9.17, 15) is 24.3 Å². The van der Waals surface area contributed by atoms with E-state index in [2.05, 4.69) is 20.0 Å². The van der Waals surface area contributed by atoms with Gasteiger partial charge in [0.2, 0.25) is 0 Å². The van der Waals surface area contributed by atoms with Gasteiger partial charge in [-0.2, -0.15) is 0 Å². The number of carbonyl (C=O) groups excluding carboxylic acids is 2. The van der Waals surface area contributed by atoms with Crippen molar-refractivity contribution in [2.24, 2.45) is 0 Å². The minimum atomic E-state index is -1.21. The number of carboxylic acid groups (broad SMARTS) is 1. The van der Waals surface area contributed by atoms with Crippen LogP contribution in [0.2, 0.25) is 0 Å². The molecule has 1 amide bonds. The molecule has 2 heterocycles. The van der Waals surface area contributed by atoms with Crippen LogP contribution in [0.5, 0.6) is 0 Å². The number of aromatic nitrogens is 2. The molecule has 3 aromatic rings. The maximum atomic E-state index is 12.5. The summed E-state index contributed by atoms with van der Waals surface area (Å²) in [6.45, 7) is 2.34. The van der Waals surface area contributed by atoms with Gasteiger partial charge in [-0.25, -0.2) is 9.78 Å². The smallest absolute Gasteiger partial charge is 0.326 e. The largest absolute Gasteiger partial charge is 0.480 e. The Morgan fingerprint density at radius 2 is 2.12 bits per heavy atom. The number of aromatic amines is 1. The number of amides is 1. The summed E-state index contributed by atoms with van der Waals surface area (Å²) >= 11 is 1.21. The van der Waals surface area contributed by atoms with Crippen molar-refractivity contribution in [3.05, 3.63) is 57.0 Å². The fourth-order valence-electron chi connectivity index (χ4n) is 3.13. The number of aliphatic carboxylic acids is 1. The van der Waals surface area contributed by atoms with E-state index in [1.54, 1.807) is 31.2 Å². The summed E-state index contributed by atoms with van der Waals surface area (Å²) in [5, 5.41) is 13.0. The fraction of sp³-hybridized carbons (Fsp3) is 0.286. The second-order valence-corrected chi connectivity index (χ2v) is 8.18. The van der Waals surface area contributed by atoms with E-state index in [1.165, 1.54) is 11.3 Å². The predicted octanol–water partition coefficient (Wildman–Crippen LogP) is 1.68. The van der Waals surface area contributed by atoms with Gasteiger partial charge in [0.15, 0.2) is 0 Å². The van der Waals surface area contributed by atoms with Gasteiger partial charge in [-0.15, -0.1) is 11.3 Å². The van der Waals surface area contributed by atoms with E-state index in [-0.39, 0.29) is 25.1 Å². The Labute approximate surface area is 186 Å². The molecular formula is C21H22N4O6S. The molecule has 0 radical (unpaired) electrons. The Kier molecular flexibility index (Phi) is 7.21. The number of hydrogen-bond donors (Lipinski definition) is 3. The van der Waals surface area contributed by atoms with Gasteiger partial charge in [0.25, 0.3) is 17.9 Å². The molecule has 0 aliphatic carbocycles. The van der Waals surface area contributed by atoms with Gasteiger partial charge in [-0.1, -0.05) is 6.07 Å². The Morgan fingerprint density at radius 3 is 2.84 bits per heavy atom. The number of aryl methyl sites for hydroxylation is 1. The van der Waals surface area contributed by atoms with Crippen LogP contribution in [0.3, 0.4) is 0 Å². The first-order valence-corrected chi connectivity index (χ1v) is 10.5. The lowest BCUT2D eigenvalue weighted by molar-refractivity contribution is -0.140. The van der Waals surface area contributed by atoms with Crippen LogP contribution in [0.1, 0.15) is 27.5 Å². The molecule has 11 heteroatoms. The molecule has 0 bridgehead atoms. The number of anilines is 1. The van der Waals surface area contributed by atoms with Crippen LogP contribution in [0.4, 0.5) is 5.00 Å². The van der Waals surface area contributed by atoms with Gasteiger partial charge in [0.05, 0.1) is 27.4 Å². The van der Waals surface area contributed by atoms with Crippen molar-refractivity contribution in [2.45, 2.75) is 25.9 Å². The van der Waals surface area contributed by atoms with Crippen LogP contribution < -0.4 is 15.8 Å². The third kappa shape index (κ3) is 5.49. The maximum absolute atomic E-state index is 12.5. The summed E-state index contributed by atoms with van der Waals surface area (Å²) in [6.07, 6.45) is -0.0343. The third-order valence-electron chi connectivity index (χ3n) is 4.70. The van der Waals surface area contributed by atoms with Crippen LogP contribution in [0.25, 0.3) is 10.9 Å². The molecule has 3 rings (SSSR count). The normalized spacial score (nSPS) is 11.7. The first-order valence-electron chi connectivity index (χ1n) is 9.68. The number of nitrogens with one attached hydrogen (secondary N) is 2. The van der Waals surface area contributed by atoms with Crippen LogP contribution in [-0.2, 0) is 20.9 Å². The molecule has 0 aliphatic heterocycles. The average molecular weight is 458 g/mol. The van der Waals surface area contributed by atoms with E-state index in [0.29, 0.717) is 28.1 Å². The molecule has 168 valence electrons. The third-order valence-corrected chi connectivity index (χ3v) is 5.89. The molecule has 1 aromatic carbocycles. The van der Waals surface area contributed by atoms with E-state index in [4.69, 9.17) is 0 Å². The highest BCUT2D eigenvalue weighted by Gasteiger charge is 2.22. The van der Waals surface area contributed by atoms with Gasteiger partial charge in [0, 0.05) is 20.0 Å². The number of nitrogens with zero attached hydrogens (tertiary/aromatic N) is 2. The van der Waals surface area contributed by atoms with Crippen molar-refractivity contribution in [1.29, 1.82) is 0 Å². The quantitative estimate of drug-likeness (QED) is 0.308. The molecule has 10 nitrogen and oxygen atoms in total. The van der Waals surface area contributed by atoms with E-state index in [0.717, 1.165) is 10.6 Å². The molecule has 2 aromatic heterocycles. The average Bonchev–Trinajstić information content (AvgIpc) is 3.24. The fourth-order valence-corrected chi connectivity index (χ4v) is 4.00. The second kappa shape index (κ2) is 10.1. The molecule has 3 N–H and O–H groups in total. The number of fused-ring (bicyclic) bond motifs is 1. The number of rotatable bonds is 10. The van der Waals surface area contributed by atoms with Crippen molar-refractivity contribution < 1.29 is 24.2 Å². The highest BCUT2D eigenvalue weighted by Crippen LogP contribution is 2.27. The minimum absolute atomic E-state index is 0.0343. The van der Waals surface area contributed by atoms with E-state index < -0.39 is 17.9 Å². The monoisotopic (exact) mass is 458 g/mol. The zero-order valence-electron chi connectivity index (χ0n) is 17.5. The van der Waals surface area contributed by atoms with Gasteiger partial charge in [-0.05, 0) is 36.8 Å². The van der Waals surface area contributed by atoms with E-state index >= 15 is 0 Å². The Balaban J connectivity index is 1.68. The van der Waals surface area contributed by atoms with Crippen LogP contribution in [0.15, 0.2) is 35.1 Å². The van der Waals surface area contributed by atoms with Crippen molar-refractivity contribution in [1.82, 2.24) is 15.3 Å². The lowest BCUT2D eigenvalue weighted by Gasteiger charge is -2.17. The van der Waals surface area contributed by atoms with Gasteiger partial charge >= 0.3 is 5.97 Å². The summed E-state index contributed by atoms with van der Waals surface area (Å²) in [7, 11) is 1.85. The number of carbonyl (C=O) groups is 3. The van der Waals surface area contributed by atoms with Gasteiger partial charge in [-0.3, -0.25) is 14.4 Å². The molecule has 0 unspecified atom stereocenters. The number of thiophene rings is 1. The summed E-state index contributed by atoms with van der Waals surface area (Å²) in [4.78, 5) is 55.5. The summed E-state index contributed by atoms with van der Waals surface area (Å²) < 4.78 is 4.51. The molecule has 0 aliphatic rings. The van der Waals surface area contributed by atoms with Crippen molar-refractivity contribution >= 4 is 45.6 Å². The number of benzene rings is 1. The lowest BCUT2D eigenvalue weighted by Crippen LogP contribution is -2.41. The Morgan fingerprint density at radius 1 is 1.34 bits per heavy atom. The number of hydrogen-bond acceptors (Lipinski definition) is 8. The second-order valence-electron chi connectivity index (χ2n) is 7.12. The zero-order valence-corrected chi connectivity index (χ0v) is 18.3. The Bertz CT molecular complexity index is 1200. The minimum Gasteiger partial charge on any atom is -0.480 e. The number of H-pyrrole nitrogens is 1. The highest BCUT2D eigenvalue weighted by molar-refractivity contribution is 7.17. The van der Waals surface area contributed by atoms with E-state index in [1.807, 2.05) is 18.0 Å². The summed E-state index contributed by atoms with van der Waals surface area (Å²) in [5.41, 5.74) is 1.33. The lowest BCUT2D eigenvalue weighted by atomic mass is 10.1. The molecular weight excluding hydrogens is 436 g/mol. The van der Waals surface area contributed by atoms with Crippen LogP contribution in [-0.4, -0.2) is 53.1 Å². The van der Waals surface area contributed by atoms with Gasteiger partial charge in [0.1, 0.15) is 11.9 Å². The molecule has 0 fully saturated rings. The highest BCUT2D eigenvalue weighted by atomic mass is 32.1. The van der Waals surface area contributed by atoms with Crippen LogP contribution in [0, 0.1) is 6.92 Å². The van der Waals surface area contributed by atoms with Crippen LogP contribution >= 0.6 is 11.3 Å². The van der Waals surface area contributed by atoms with Crippen molar-refractivity contribution in [2.75, 3.05) is 18.6 Å². The number of carboxylic acids is 1. The molecule has 0 spiro atoms. The first kappa shape index (κ1) is 22.9. The molecule has 0 saturated heterocycles. The standard InChI is InChI=1S/C21H22N4O6S/c1-12-22-15-4-3-13(9-14(15)19(27)23-12)10-25(2)18-6-5-17(32-18)20(28)24-16(21(29)30)7-8-31-11-26/h3-6,9,11,16H,7-8,10H2,1-2H3,(H,24,28)(H,29,30)(H,22,23,27)/t16-/m0/s1. The molecule has 0 saturated carbocycles. The number of ether oxygens (including phenoxy) is 1. The maximum Gasteiger partial charge on any atom is 0.326 e.